The molecule has 0 saturated carbocycles. The average molecular weight is 430 g/mol. The Kier molecular flexibility index (Phi) is 5.16. The Morgan fingerprint density at radius 2 is 2.07 bits per heavy atom. The van der Waals surface area contributed by atoms with Gasteiger partial charge >= 0.3 is 6.18 Å². The highest BCUT2D eigenvalue weighted by atomic mass is 35.5. The lowest BCUT2D eigenvalue weighted by atomic mass is 10.1. The van der Waals surface area contributed by atoms with Crippen molar-refractivity contribution in [3.63, 3.8) is 0 Å². The van der Waals surface area contributed by atoms with Crippen LogP contribution in [0, 0.1) is 0 Å². The van der Waals surface area contributed by atoms with Gasteiger partial charge in [0.25, 0.3) is 5.56 Å². The molecule has 0 aliphatic carbocycles. The first-order valence-electron chi connectivity index (χ1n) is 9.19. The number of hydrogen-bond acceptors (Lipinski definition) is 6. The van der Waals surface area contributed by atoms with Gasteiger partial charge in [0.15, 0.2) is 0 Å². The molecule has 7 nitrogen and oxygen atoms in total. The summed E-state index contributed by atoms with van der Waals surface area (Å²) in [5.41, 5.74) is -0.214. The van der Waals surface area contributed by atoms with Crippen LogP contribution in [0.15, 0.2) is 29.2 Å². The normalized spacial score (nSPS) is 22.5. The summed E-state index contributed by atoms with van der Waals surface area (Å²) in [6, 6.07) is 2.26. The number of nitrogens with zero attached hydrogens (tertiary/aromatic N) is 5. The summed E-state index contributed by atoms with van der Waals surface area (Å²) in [5.74, 6) is 0.284. The molecule has 4 heterocycles. The zero-order valence-electron chi connectivity index (χ0n) is 15.6. The lowest BCUT2D eigenvalue weighted by Crippen LogP contribution is -2.51. The Hall–Kier alpha value is -2.33. The standard InChI is InChI=1S/C18H19ClF3N5O2/c1-11-10-29-7-6-25(11)15-9-16(28)26-5-3-13(18(20,21)22)27(17(26)24-15)12-2-4-23-14(19)8-12/h2,4,8-9,11,13H,3,5-7,10H2,1H3/t11-,13+/m1/s1. The van der Waals surface area contributed by atoms with Crippen LogP contribution < -0.4 is 15.4 Å². The third kappa shape index (κ3) is 3.78. The Balaban J connectivity index is 1.87. The largest absolute Gasteiger partial charge is 0.409 e. The first-order chi connectivity index (χ1) is 13.8. The first-order valence-corrected chi connectivity index (χ1v) is 9.57. The van der Waals surface area contributed by atoms with Crippen molar-refractivity contribution < 1.29 is 17.9 Å². The van der Waals surface area contributed by atoms with E-state index in [2.05, 4.69) is 9.97 Å². The van der Waals surface area contributed by atoms with Crippen molar-refractivity contribution in [3.8, 4) is 0 Å². The van der Waals surface area contributed by atoms with E-state index in [0.717, 1.165) is 4.90 Å². The summed E-state index contributed by atoms with van der Waals surface area (Å²) in [6.07, 6.45) is -3.46. The lowest BCUT2D eigenvalue weighted by Gasteiger charge is -2.40. The second-order valence-electron chi connectivity index (χ2n) is 7.07. The van der Waals surface area contributed by atoms with Crippen LogP contribution in [0.4, 0.5) is 30.6 Å². The average Bonchev–Trinajstić information content (AvgIpc) is 2.66. The molecule has 29 heavy (non-hydrogen) atoms. The highest BCUT2D eigenvalue weighted by Gasteiger charge is 2.47. The lowest BCUT2D eigenvalue weighted by molar-refractivity contribution is -0.150. The molecule has 2 aromatic rings. The Morgan fingerprint density at radius 3 is 2.76 bits per heavy atom. The van der Waals surface area contributed by atoms with E-state index in [1.54, 1.807) is 0 Å². The van der Waals surface area contributed by atoms with Crippen LogP contribution in [0.1, 0.15) is 13.3 Å². The molecule has 1 fully saturated rings. The molecule has 2 aliphatic heterocycles. The van der Waals surface area contributed by atoms with Gasteiger partial charge in [0.1, 0.15) is 17.0 Å². The second kappa shape index (κ2) is 7.49. The molecule has 2 atom stereocenters. The van der Waals surface area contributed by atoms with Crippen molar-refractivity contribution in [2.45, 2.75) is 38.1 Å². The molecule has 0 spiro atoms. The summed E-state index contributed by atoms with van der Waals surface area (Å²) in [4.78, 5) is 24.0. The van der Waals surface area contributed by atoms with E-state index < -0.39 is 17.8 Å². The summed E-state index contributed by atoms with van der Waals surface area (Å²) in [5, 5.41) is 0.0563. The molecule has 2 aliphatic rings. The number of aromatic nitrogens is 3. The number of pyridine rings is 1. The maximum atomic E-state index is 13.9. The van der Waals surface area contributed by atoms with Crippen molar-refractivity contribution in [2.75, 3.05) is 29.6 Å². The van der Waals surface area contributed by atoms with Crippen LogP contribution in [0.25, 0.3) is 0 Å². The number of anilines is 3. The zero-order valence-corrected chi connectivity index (χ0v) is 16.3. The predicted octanol–water partition coefficient (Wildman–Crippen LogP) is 2.99. The zero-order chi connectivity index (χ0) is 20.8. The van der Waals surface area contributed by atoms with Crippen molar-refractivity contribution in [1.82, 2.24) is 14.5 Å². The molecule has 0 N–H and O–H groups in total. The first kappa shape index (κ1) is 20.0. The minimum atomic E-state index is -4.51. The Morgan fingerprint density at radius 1 is 1.28 bits per heavy atom. The van der Waals surface area contributed by atoms with E-state index in [9.17, 15) is 18.0 Å². The highest BCUT2D eigenvalue weighted by molar-refractivity contribution is 6.29. The number of alkyl halides is 3. The molecule has 0 unspecified atom stereocenters. The number of hydrogen-bond donors (Lipinski definition) is 0. The van der Waals surface area contributed by atoms with Crippen molar-refractivity contribution >= 4 is 29.1 Å². The van der Waals surface area contributed by atoms with E-state index in [1.807, 2.05) is 11.8 Å². The van der Waals surface area contributed by atoms with Gasteiger partial charge in [0.2, 0.25) is 5.95 Å². The summed E-state index contributed by atoms with van der Waals surface area (Å²) < 4.78 is 48.2. The molecular weight excluding hydrogens is 411 g/mol. The number of morpholine rings is 1. The van der Waals surface area contributed by atoms with E-state index in [-0.39, 0.29) is 35.8 Å². The minimum Gasteiger partial charge on any atom is -0.377 e. The van der Waals surface area contributed by atoms with E-state index in [0.29, 0.717) is 25.6 Å². The predicted molar refractivity (Wildman–Crippen MR) is 102 cm³/mol. The SMILES string of the molecule is C[C@@H]1COCCN1c1cc(=O)n2c(n1)N(c1ccnc(Cl)c1)[C@H](C(F)(F)F)CC2. The van der Waals surface area contributed by atoms with Gasteiger partial charge < -0.3 is 9.64 Å². The summed E-state index contributed by atoms with van der Waals surface area (Å²) in [7, 11) is 0. The number of fused-ring (bicyclic) bond motifs is 1. The number of ether oxygens (including phenoxy) is 1. The van der Waals surface area contributed by atoms with Crippen LogP contribution in [-0.4, -0.2) is 52.6 Å². The maximum Gasteiger partial charge on any atom is 0.409 e. The number of rotatable bonds is 2. The van der Waals surface area contributed by atoms with Gasteiger partial charge in [0.05, 0.1) is 19.3 Å². The van der Waals surface area contributed by atoms with Gasteiger partial charge in [-0.1, -0.05) is 11.6 Å². The smallest absolute Gasteiger partial charge is 0.377 e. The van der Waals surface area contributed by atoms with Gasteiger partial charge in [-0.25, -0.2) is 4.98 Å². The topological polar surface area (TPSA) is 63.5 Å². The molecular formula is C18H19ClF3N5O2. The van der Waals surface area contributed by atoms with Crippen LogP contribution in [0.5, 0.6) is 0 Å². The number of halogens is 4. The van der Waals surface area contributed by atoms with Crippen LogP contribution in [0.2, 0.25) is 5.15 Å². The van der Waals surface area contributed by atoms with Crippen molar-refractivity contribution in [1.29, 1.82) is 0 Å². The fourth-order valence-corrected chi connectivity index (χ4v) is 3.93. The van der Waals surface area contributed by atoms with E-state index in [1.165, 1.54) is 29.0 Å². The van der Waals surface area contributed by atoms with Crippen molar-refractivity contribution in [3.05, 3.63) is 39.9 Å². The molecule has 0 radical (unpaired) electrons. The fourth-order valence-electron chi connectivity index (χ4n) is 3.76. The second-order valence-corrected chi connectivity index (χ2v) is 7.46. The van der Waals surface area contributed by atoms with Crippen molar-refractivity contribution in [2.24, 2.45) is 0 Å². The monoisotopic (exact) mass is 429 g/mol. The van der Waals surface area contributed by atoms with Crippen LogP contribution in [-0.2, 0) is 11.3 Å². The van der Waals surface area contributed by atoms with Gasteiger partial charge in [-0.15, -0.1) is 0 Å². The highest BCUT2D eigenvalue weighted by Crippen LogP contribution is 2.39. The molecule has 0 aromatic carbocycles. The quantitative estimate of drug-likeness (QED) is 0.684. The molecule has 156 valence electrons. The molecule has 11 heteroatoms. The summed E-state index contributed by atoms with van der Waals surface area (Å²) >= 11 is 5.93. The third-order valence-electron chi connectivity index (χ3n) is 5.16. The molecule has 2 aromatic heterocycles. The molecule has 0 bridgehead atoms. The third-order valence-corrected chi connectivity index (χ3v) is 5.36. The van der Waals surface area contributed by atoms with E-state index >= 15 is 0 Å². The van der Waals surface area contributed by atoms with Gasteiger partial charge in [-0.2, -0.15) is 18.2 Å². The Bertz CT molecular complexity index is 967. The van der Waals surface area contributed by atoms with E-state index in [4.69, 9.17) is 16.3 Å². The van der Waals surface area contributed by atoms with Gasteiger partial charge in [-0.3, -0.25) is 14.3 Å². The van der Waals surface area contributed by atoms with Crippen LogP contribution >= 0.6 is 11.6 Å². The maximum absolute atomic E-state index is 13.9. The minimum absolute atomic E-state index is 0.0514. The van der Waals surface area contributed by atoms with Crippen LogP contribution in [0.3, 0.4) is 0 Å². The van der Waals surface area contributed by atoms with Gasteiger partial charge in [-0.05, 0) is 25.5 Å². The molecule has 0 amide bonds. The Labute approximate surface area is 169 Å². The summed E-state index contributed by atoms with van der Waals surface area (Å²) in [6.45, 7) is 3.26. The molecule has 4 rings (SSSR count). The fraction of sp³-hybridized carbons (Fsp3) is 0.500. The van der Waals surface area contributed by atoms with Gasteiger partial charge in [0, 0.05) is 31.0 Å². The molecule has 1 saturated heterocycles.